The number of halogens is 3. The molecular formula is C10H4F3N3O3S. The minimum atomic E-state index is -5.23. The Kier molecular flexibility index (Phi) is 3.74. The SMILES string of the molecule is O=C(OC(=O)C(F)(F)F)c1ncc(-c2ccncn2)s1. The van der Waals surface area contributed by atoms with Gasteiger partial charge in [0.15, 0.2) is 0 Å². The Labute approximate surface area is 113 Å². The zero-order valence-corrected chi connectivity index (χ0v) is 10.2. The van der Waals surface area contributed by atoms with Crippen LogP contribution >= 0.6 is 11.3 Å². The Morgan fingerprint density at radius 2 is 2.00 bits per heavy atom. The molecule has 0 aromatic carbocycles. The van der Waals surface area contributed by atoms with Crippen LogP contribution in [-0.2, 0) is 9.53 Å². The zero-order valence-electron chi connectivity index (χ0n) is 9.42. The number of hydrogen-bond donors (Lipinski definition) is 0. The first-order valence-electron chi connectivity index (χ1n) is 4.93. The fraction of sp³-hybridized carbons (Fsp3) is 0.100. The van der Waals surface area contributed by atoms with Gasteiger partial charge < -0.3 is 4.74 Å². The second kappa shape index (κ2) is 5.33. The van der Waals surface area contributed by atoms with Crippen LogP contribution < -0.4 is 0 Å². The molecule has 0 amide bonds. The molecule has 0 radical (unpaired) electrons. The fourth-order valence-corrected chi connectivity index (χ4v) is 1.88. The van der Waals surface area contributed by atoms with E-state index in [1.54, 1.807) is 0 Å². The van der Waals surface area contributed by atoms with Crippen LogP contribution in [0, 0.1) is 0 Å². The fourth-order valence-electron chi connectivity index (χ4n) is 1.11. The third kappa shape index (κ3) is 3.15. The second-order valence-electron chi connectivity index (χ2n) is 3.30. The smallest absolute Gasteiger partial charge is 0.381 e. The maximum atomic E-state index is 11.9. The lowest BCUT2D eigenvalue weighted by Crippen LogP contribution is -2.27. The third-order valence-corrected chi connectivity index (χ3v) is 2.93. The van der Waals surface area contributed by atoms with E-state index in [0.717, 1.165) is 11.3 Å². The average molecular weight is 303 g/mol. The number of carbonyl (C=O) groups excluding carboxylic acids is 2. The molecule has 0 saturated heterocycles. The van der Waals surface area contributed by atoms with Gasteiger partial charge in [0.25, 0.3) is 0 Å². The van der Waals surface area contributed by atoms with Crippen LogP contribution in [0.2, 0.25) is 0 Å². The number of carbonyl (C=O) groups is 2. The summed E-state index contributed by atoms with van der Waals surface area (Å²) in [5.74, 6) is -4.04. The highest BCUT2D eigenvalue weighted by molar-refractivity contribution is 7.16. The largest absolute Gasteiger partial charge is 0.491 e. The van der Waals surface area contributed by atoms with Gasteiger partial charge in [-0.2, -0.15) is 13.2 Å². The summed E-state index contributed by atoms with van der Waals surface area (Å²) in [5, 5.41) is -0.379. The van der Waals surface area contributed by atoms with Gasteiger partial charge in [0.1, 0.15) is 6.33 Å². The molecule has 0 saturated carbocycles. The normalized spacial score (nSPS) is 11.2. The van der Waals surface area contributed by atoms with Crippen LogP contribution in [0.5, 0.6) is 0 Å². The molecule has 2 aromatic rings. The molecule has 104 valence electrons. The lowest BCUT2D eigenvalue weighted by molar-refractivity contribution is -0.193. The Morgan fingerprint density at radius 3 is 2.60 bits per heavy atom. The maximum Gasteiger partial charge on any atom is 0.491 e. The van der Waals surface area contributed by atoms with E-state index in [0.29, 0.717) is 10.6 Å². The molecule has 20 heavy (non-hydrogen) atoms. The molecule has 0 aliphatic heterocycles. The Hall–Kier alpha value is -2.36. The van der Waals surface area contributed by atoms with Crippen LogP contribution in [0.1, 0.15) is 9.80 Å². The predicted octanol–water partition coefficient (Wildman–Crippen LogP) is 1.85. The highest BCUT2D eigenvalue weighted by atomic mass is 32.1. The van der Waals surface area contributed by atoms with Gasteiger partial charge in [-0.3, -0.25) is 0 Å². The topological polar surface area (TPSA) is 82.0 Å². The van der Waals surface area contributed by atoms with Gasteiger partial charge in [-0.1, -0.05) is 0 Å². The van der Waals surface area contributed by atoms with Crippen LogP contribution in [0.3, 0.4) is 0 Å². The van der Waals surface area contributed by atoms with Crippen LogP contribution in [0.25, 0.3) is 10.6 Å². The van der Waals surface area contributed by atoms with Crippen molar-refractivity contribution in [3.63, 3.8) is 0 Å². The second-order valence-corrected chi connectivity index (χ2v) is 4.33. The predicted molar refractivity (Wildman–Crippen MR) is 59.6 cm³/mol. The summed E-state index contributed by atoms with van der Waals surface area (Å²) >= 11 is 0.751. The van der Waals surface area contributed by atoms with Crippen LogP contribution in [-0.4, -0.2) is 33.1 Å². The Bertz CT molecular complexity index is 642. The first-order chi connectivity index (χ1) is 9.38. The average Bonchev–Trinajstić information content (AvgIpc) is 2.88. The van der Waals surface area contributed by atoms with E-state index in [-0.39, 0.29) is 5.01 Å². The number of rotatable bonds is 2. The molecule has 0 aliphatic carbocycles. The van der Waals surface area contributed by atoms with E-state index < -0.39 is 18.1 Å². The number of esters is 2. The van der Waals surface area contributed by atoms with Crippen molar-refractivity contribution in [2.75, 3.05) is 0 Å². The summed E-state index contributed by atoms with van der Waals surface area (Å²) in [5.41, 5.74) is 0.443. The molecule has 0 fully saturated rings. The van der Waals surface area contributed by atoms with E-state index in [9.17, 15) is 22.8 Å². The number of ether oxygens (including phenoxy) is 1. The van der Waals surface area contributed by atoms with E-state index in [1.165, 1.54) is 24.8 Å². The molecule has 0 bridgehead atoms. The van der Waals surface area contributed by atoms with Gasteiger partial charge in [-0.25, -0.2) is 24.5 Å². The molecule has 0 unspecified atom stereocenters. The van der Waals surface area contributed by atoms with Crippen molar-refractivity contribution in [3.05, 3.63) is 29.8 Å². The number of aromatic nitrogens is 3. The van der Waals surface area contributed by atoms with E-state index >= 15 is 0 Å². The summed E-state index contributed by atoms with van der Waals surface area (Å²) in [4.78, 5) is 33.4. The molecule has 2 aromatic heterocycles. The van der Waals surface area contributed by atoms with Gasteiger partial charge in [0.2, 0.25) is 5.01 Å². The van der Waals surface area contributed by atoms with Gasteiger partial charge in [0.05, 0.1) is 10.6 Å². The lowest BCUT2D eigenvalue weighted by atomic mass is 10.4. The van der Waals surface area contributed by atoms with E-state index in [1.807, 2.05) is 0 Å². The van der Waals surface area contributed by atoms with Crippen LogP contribution in [0.4, 0.5) is 13.2 Å². The summed E-state index contributed by atoms with van der Waals surface area (Å²) in [6, 6.07) is 1.53. The highest BCUT2D eigenvalue weighted by Crippen LogP contribution is 2.25. The van der Waals surface area contributed by atoms with Crippen molar-refractivity contribution in [3.8, 4) is 10.6 Å². The molecule has 0 atom stereocenters. The number of thiazole rings is 1. The van der Waals surface area contributed by atoms with Gasteiger partial charge in [-0.05, 0) is 6.07 Å². The van der Waals surface area contributed by atoms with Crippen molar-refractivity contribution in [2.24, 2.45) is 0 Å². The third-order valence-electron chi connectivity index (χ3n) is 1.93. The standard InChI is InChI=1S/C10H4F3N3O3S/c11-10(12,13)9(18)19-8(17)7-15-3-6(20-7)5-1-2-14-4-16-5/h1-4H. The lowest BCUT2D eigenvalue weighted by Gasteiger charge is -2.03. The summed E-state index contributed by atoms with van der Waals surface area (Å²) in [6.45, 7) is 0. The molecule has 0 spiro atoms. The van der Waals surface area contributed by atoms with Crippen molar-refractivity contribution in [1.82, 2.24) is 15.0 Å². The quantitative estimate of drug-likeness (QED) is 0.622. The summed E-state index contributed by atoms with van der Waals surface area (Å²) < 4.78 is 39.5. The first-order valence-corrected chi connectivity index (χ1v) is 5.75. The Balaban J connectivity index is 2.14. The maximum absolute atomic E-state index is 11.9. The zero-order chi connectivity index (χ0) is 14.8. The minimum Gasteiger partial charge on any atom is -0.381 e. The van der Waals surface area contributed by atoms with Crippen molar-refractivity contribution < 1.29 is 27.5 Å². The van der Waals surface area contributed by atoms with Crippen molar-refractivity contribution in [1.29, 1.82) is 0 Å². The molecule has 2 heterocycles. The molecular weight excluding hydrogens is 299 g/mol. The monoisotopic (exact) mass is 303 g/mol. The van der Waals surface area contributed by atoms with Crippen molar-refractivity contribution in [2.45, 2.75) is 6.18 Å². The van der Waals surface area contributed by atoms with Crippen molar-refractivity contribution >= 4 is 23.3 Å². The summed E-state index contributed by atoms with van der Waals surface area (Å²) in [7, 11) is 0. The first kappa shape index (κ1) is 14.1. The van der Waals surface area contributed by atoms with E-state index in [2.05, 4.69) is 19.7 Å². The van der Waals surface area contributed by atoms with E-state index in [4.69, 9.17) is 0 Å². The van der Waals surface area contributed by atoms with Gasteiger partial charge in [-0.15, -0.1) is 11.3 Å². The molecule has 0 N–H and O–H groups in total. The Morgan fingerprint density at radius 1 is 1.25 bits per heavy atom. The van der Waals surface area contributed by atoms with Gasteiger partial charge in [0, 0.05) is 12.4 Å². The molecule has 10 heteroatoms. The highest BCUT2D eigenvalue weighted by Gasteiger charge is 2.42. The minimum absolute atomic E-state index is 0.379. The summed E-state index contributed by atoms with van der Waals surface area (Å²) in [6.07, 6.45) is -1.28. The molecule has 0 aliphatic rings. The number of hydrogen-bond acceptors (Lipinski definition) is 7. The number of nitrogens with zero attached hydrogens (tertiary/aromatic N) is 3. The van der Waals surface area contributed by atoms with Gasteiger partial charge >= 0.3 is 18.1 Å². The molecule has 2 rings (SSSR count). The number of alkyl halides is 3. The molecule has 6 nitrogen and oxygen atoms in total. The van der Waals surface area contributed by atoms with Crippen LogP contribution in [0.15, 0.2) is 24.8 Å².